The van der Waals surface area contributed by atoms with E-state index in [0.717, 1.165) is 26.1 Å². The van der Waals surface area contributed by atoms with Crippen LogP contribution in [0.15, 0.2) is 0 Å². The summed E-state index contributed by atoms with van der Waals surface area (Å²) in [6, 6.07) is 0.512. The molecule has 1 atom stereocenters. The van der Waals surface area contributed by atoms with Gasteiger partial charge in [-0.2, -0.15) is 0 Å². The Morgan fingerprint density at radius 2 is 2.12 bits per heavy atom. The number of carbonyl (C=O) groups is 1. The van der Waals surface area contributed by atoms with Crippen molar-refractivity contribution < 1.29 is 4.79 Å². The van der Waals surface area contributed by atoms with E-state index in [9.17, 15) is 4.79 Å². The fourth-order valence-corrected chi connectivity index (χ4v) is 2.03. The number of carbonyl (C=O) groups excluding carboxylic acids is 1. The minimum absolute atomic E-state index is 0.292. The van der Waals surface area contributed by atoms with Crippen LogP contribution >= 0.6 is 0 Å². The molecular weight excluding hydrogens is 200 g/mol. The Morgan fingerprint density at radius 3 is 2.69 bits per heavy atom. The average Bonchev–Trinajstić information content (AvgIpc) is 2.63. The van der Waals surface area contributed by atoms with Crippen molar-refractivity contribution in [1.82, 2.24) is 10.2 Å². The molecule has 0 aromatic heterocycles. The summed E-state index contributed by atoms with van der Waals surface area (Å²) >= 11 is 0. The number of hydrogen-bond acceptors (Lipinski definition) is 2. The molecule has 0 aromatic rings. The van der Waals surface area contributed by atoms with Gasteiger partial charge in [0.25, 0.3) is 0 Å². The van der Waals surface area contributed by atoms with Gasteiger partial charge in [0.05, 0.1) is 0 Å². The van der Waals surface area contributed by atoms with Gasteiger partial charge in [0.2, 0.25) is 5.91 Å². The Labute approximate surface area is 99.6 Å². The number of hydrogen-bond donors (Lipinski definition) is 1. The molecule has 1 saturated heterocycles. The number of amides is 1. The lowest BCUT2D eigenvalue weighted by molar-refractivity contribution is -0.129. The van der Waals surface area contributed by atoms with Gasteiger partial charge < -0.3 is 10.2 Å². The summed E-state index contributed by atoms with van der Waals surface area (Å²) in [7, 11) is 0. The van der Waals surface area contributed by atoms with Crippen molar-refractivity contribution in [2.24, 2.45) is 5.41 Å². The molecule has 16 heavy (non-hydrogen) atoms. The van der Waals surface area contributed by atoms with E-state index < -0.39 is 0 Å². The van der Waals surface area contributed by atoms with Crippen LogP contribution in [0.3, 0.4) is 0 Å². The quantitative estimate of drug-likeness (QED) is 0.795. The number of nitrogens with zero attached hydrogens (tertiary/aromatic N) is 1. The summed E-state index contributed by atoms with van der Waals surface area (Å²) in [5.41, 5.74) is 0.393. The second-order valence-corrected chi connectivity index (χ2v) is 5.94. The third kappa shape index (κ3) is 4.52. The summed E-state index contributed by atoms with van der Waals surface area (Å²) in [4.78, 5) is 13.5. The number of rotatable bonds is 4. The lowest BCUT2D eigenvalue weighted by Gasteiger charge is -2.20. The molecule has 1 fully saturated rings. The van der Waals surface area contributed by atoms with Crippen LogP contribution in [-0.2, 0) is 4.79 Å². The average molecular weight is 226 g/mol. The van der Waals surface area contributed by atoms with Gasteiger partial charge in [-0.3, -0.25) is 4.79 Å². The molecule has 0 bridgehead atoms. The zero-order chi connectivity index (χ0) is 12.2. The van der Waals surface area contributed by atoms with Gasteiger partial charge in [-0.1, -0.05) is 27.7 Å². The molecule has 0 unspecified atom stereocenters. The fraction of sp³-hybridized carbons (Fsp3) is 0.923. The topological polar surface area (TPSA) is 32.3 Å². The van der Waals surface area contributed by atoms with Crippen molar-refractivity contribution in [1.29, 1.82) is 0 Å². The molecule has 1 aliphatic rings. The molecule has 94 valence electrons. The second kappa shape index (κ2) is 5.67. The van der Waals surface area contributed by atoms with Crippen molar-refractivity contribution in [2.45, 2.75) is 53.0 Å². The maximum Gasteiger partial charge on any atom is 0.222 e. The summed E-state index contributed by atoms with van der Waals surface area (Å²) in [6.45, 7) is 11.6. The molecule has 1 aliphatic heterocycles. The molecule has 0 aliphatic carbocycles. The summed E-state index contributed by atoms with van der Waals surface area (Å²) in [6.07, 6.45) is 2.93. The lowest BCUT2D eigenvalue weighted by atomic mass is 9.92. The van der Waals surface area contributed by atoms with Gasteiger partial charge in [-0.25, -0.2) is 0 Å². The summed E-state index contributed by atoms with van der Waals surface area (Å²) in [5, 5.41) is 3.55. The van der Waals surface area contributed by atoms with Crippen LogP contribution in [0.25, 0.3) is 0 Å². The smallest absolute Gasteiger partial charge is 0.222 e. The highest BCUT2D eigenvalue weighted by Gasteiger charge is 2.24. The molecule has 0 spiro atoms. The van der Waals surface area contributed by atoms with Crippen LogP contribution in [-0.4, -0.2) is 36.5 Å². The molecular formula is C13H26N2O. The van der Waals surface area contributed by atoms with Crippen molar-refractivity contribution >= 4 is 5.91 Å². The first kappa shape index (κ1) is 13.5. The highest BCUT2D eigenvalue weighted by Crippen LogP contribution is 2.18. The Morgan fingerprint density at radius 1 is 1.44 bits per heavy atom. The SMILES string of the molecule is CCC(=O)N1CC[C@@H](NCCC(C)(C)C)C1. The van der Waals surface area contributed by atoms with Crippen LogP contribution < -0.4 is 5.32 Å². The molecule has 0 aromatic carbocycles. The summed E-state index contributed by atoms with van der Waals surface area (Å²) in [5.74, 6) is 0.292. The molecule has 1 heterocycles. The van der Waals surface area contributed by atoms with E-state index in [1.54, 1.807) is 0 Å². The largest absolute Gasteiger partial charge is 0.341 e. The predicted molar refractivity (Wildman–Crippen MR) is 67.4 cm³/mol. The third-order valence-corrected chi connectivity index (χ3v) is 3.15. The Balaban J connectivity index is 2.19. The predicted octanol–water partition coefficient (Wildman–Crippen LogP) is 2.02. The minimum atomic E-state index is 0.292. The molecule has 3 nitrogen and oxygen atoms in total. The lowest BCUT2D eigenvalue weighted by Crippen LogP contribution is -2.36. The number of nitrogens with one attached hydrogen (secondary N) is 1. The standard InChI is InChI=1S/C13H26N2O/c1-5-12(16)15-9-6-11(10-15)14-8-7-13(2,3)4/h11,14H,5-10H2,1-4H3/t11-/m1/s1. The first-order chi connectivity index (χ1) is 7.42. The first-order valence-corrected chi connectivity index (χ1v) is 6.43. The van der Waals surface area contributed by atoms with E-state index in [0.29, 0.717) is 23.8 Å². The zero-order valence-corrected chi connectivity index (χ0v) is 11.2. The van der Waals surface area contributed by atoms with E-state index >= 15 is 0 Å². The normalized spacial score (nSPS) is 21.5. The van der Waals surface area contributed by atoms with Crippen LogP contribution in [0.5, 0.6) is 0 Å². The van der Waals surface area contributed by atoms with Gasteiger partial charge >= 0.3 is 0 Å². The number of likely N-dealkylation sites (tertiary alicyclic amines) is 1. The van der Waals surface area contributed by atoms with Gasteiger partial charge in [0.15, 0.2) is 0 Å². The Kier molecular flexibility index (Phi) is 4.78. The molecule has 1 rings (SSSR count). The molecule has 0 saturated carbocycles. The Bertz CT molecular complexity index is 233. The second-order valence-electron chi connectivity index (χ2n) is 5.94. The third-order valence-electron chi connectivity index (χ3n) is 3.15. The highest BCUT2D eigenvalue weighted by atomic mass is 16.2. The van der Waals surface area contributed by atoms with Crippen LogP contribution in [0.2, 0.25) is 0 Å². The molecule has 1 N–H and O–H groups in total. The van der Waals surface area contributed by atoms with Gasteiger partial charge in [0, 0.05) is 25.6 Å². The van der Waals surface area contributed by atoms with Crippen LogP contribution in [0.4, 0.5) is 0 Å². The molecule has 0 radical (unpaired) electrons. The summed E-state index contributed by atoms with van der Waals surface area (Å²) < 4.78 is 0. The van der Waals surface area contributed by atoms with Gasteiger partial charge in [-0.15, -0.1) is 0 Å². The van der Waals surface area contributed by atoms with E-state index in [-0.39, 0.29) is 0 Å². The molecule has 1 amide bonds. The Hall–Kier alpha value is -0.570. The maximum atomic E-state index is 11.5. The van der Waals surface area contributed by atoms with Crippen molar-refractivity contribution in [2.75, 3.05) is 19.6 Å². The van der Waals surface area contributed by atoms with E-state index in [2.05, 4.69) is 26.1 Å². The van der Waals surface area contributed by atoms with Crippen molar-refractivity contribution in [3.05, 3.63) is 0 Å². The van der Waals surface area contributed by atoms with Crippen LogP contribution in [0, 0.1) is 5.41 Å². The first-order valence-electron chi connectivity index (χ1n) is 6.43. The van der Waals surface area contributed by atoms with E-state index in [1.165, 1.54) is 6.42 Å². The van der Waals surface area contributed by atoms with Gasteiger partial charge in [0.1, 0.15) is 0 Å². The van der Waals surface area contributed by atoms with Crippen LogP contribution in [0.1, 0.15) is 47.0 Å². The fourth-order valence-electron chi connectivity index (χ4n) is 2.03. The minimum Gasteiger partial charge on any atom is -0.341 e. The maximum absolute atomic E-state index is 11.5. The van der Waals surface area contributed by atoms with E-state index in [4.69, 9.17) is 0 Å². The monoisotopic (exact) mass is 226 g/mol. The van der Waals surface area contributed by atoms with Crippen molar-refractivity contribution in [3.8, 4) is 0 Å². The van der Waals surface area contributed by atoms with E-state index in [1.807, 2.05) is 11.8 Å². The molecule has 3 heteroatoms. The van der Waals surface area contributed by atoms with Crippen molar-refractivity contribution in [3.63, 3.8) is 0 Å². The zero-order valence-electron chi connectivity index (χ0n) is 11.2. The van der Waals surface area contributed by atoms with Gasteiger partial charge in [-0.05, 0) is 24.8 Å². The highest BCUT2D eigenvalue weighted by molar-refractivity contribution is 5.76.